The summed E-state index contributed by atoms with van der Waals surface area (Å²) < 4.78 is 0. The molecule has 0 fully saturated rings. The molecular formula is C57H44N2. The molecule has 1 aliphatic heterocycles. The fraction of sp³-hybridized carbons (Fsp3) is 0.123. The fourth-order valence-electron chi connectivity index (χ4n) is 11.0. The van der Waals surface area contributed by atoms with Gasteiger partial charge in [0.25, 0.3) is 0 Å². The Bertz CT molecular complexity index is 3210. The van der Waals surface area contributed by atoms with Crippen LogP contribution in [0.5, 0.6) is 0 Å². The second kappa shape index (κ2) is 12.3. The molecule has 9 aromatic rings. The number of nitrogens with zero attached hydrogens (tertiary/aromatic N) is 1. The van der Waals surface area contributed by atoms with Gasteiger partial charge in [-0.25, -0.2) is 0 Å². The number of rotatable bonds is 4. The zero-order chi connectivity index (χ0) is 39.6. The van der Waals surface area contributed by atoms with Crippen LogP contribution in [-0.4, -0.2) is 0 Å². The molecule has 0 radical (unpaired) electrons. The molecule has 2 aliphatic carbocycles. The summed E-state index contributed by atoms with van der Waals surface area (Å²) in [4.78, 5) is 2.44. The van der Waals surface area contributed by atoms with E-state index in [0.717, 1.165) is 11.4 Å². The molecule has 1 atom stereocenters. The van der Waals surface area contributed by atoms with Gasteiger partial charge in [0.05, 0.1) is 11.4 Å². The van der Waals surface area contributed by atoms with Gasteiger partial charge in [-0.3, -0.25) is 0 Å². The first-order valence-electron chi connectivity index (χ1n) is 21.0. The van der Waals surface area contributed by atoms with Crippen LogP contribution < -0.4 is 10.2 Å². The van der Waals surface area contributed by atoms with E-state index in [1.807, 2.05) is 0 Å². The maximum absolute atomic E-state index is 3.90. The number of para-hydroxylation sites is 3. The van der Waals surface area contributed by atoms with Gasteiger partial charge >= 0.3 is 0 Å². The summed E-state index contributed by atoms with van der Waals surface area (Å²) >= 11 is 0. The zero-order valence-electron chi connectivity index (χ0n) is 33.8. The predicted molar refractivity (Wildman–Crippen MR) is 249 cm³/mol. The molecule has 3 aliphatic rings. The van der Waals surface area contributed by atoms with E-state index < -0.39 is 0 Å². The molecule has 0 aromatic heterocycles. The van der Waals surface area contributed by atoms with Crippen LogP contribution in [0.3, 0.4) is 0 Å². The van der Waals surface area contributed by atoms with Crippen molar-refractivity contribution in [1.29, 1.82) is 0 Å². The van der Waals surface area contributed by atoms with Crippen LogP contribution in [0, 0.1) is 0 Å². The van der Waals surface area contributed by atoms with E-state index in [2.05, 4.69) is 220 Å². The molecule has 0 saturated carbocycles. The Kier molecular flexibility index (Phi) is 7.13. The molecule has 2 nitrogen and oxygen atoms in total. The molecule has 1 heterocycles. The van der Waals surface area contributed by atoms with Crippen LogP contribution in [-0.2, 0) is 10.8 Å². The van der Waals surface area contributed by atoms with Crippen molar-refractivity contribution in [3.8, 4) is 44.5 Å². The third-order valence-corrected chi connectivity index (χ3v) is 13.8. The van der Waals surface area contributed by atoms with Crippen LogP contribution in [0.15, 0.2) is 182 Å². The summed E-state index contributed by atoms with van der Waals surface area (Å²) in [5, 5.41) is 9.03. The third kappa shape index (κ3) is 4.81. The fourth-order valence-corrected chi connectivity index (χ4v) is 11.0. The molecule has 0 saturated heterocycles. The van der Waals surface area contributed by atoms with Crippen LogP contribution in [0.2, 0.25) is 0 Å². The summed E-state index contributed by atoms with van der Waals surface area (Å²) in [5.41, 5.74) is 20.5. The molecule has 2 heteroatoms. The van der Waals surface area contributed by atoms with Gasteiger partial charge in [-0.1, -0.05) is 161 Å². The smallest absolute Gasteiger partial charge is 0.130 e. The predicted octanol–water partition coefficient (Wildman–Crippen LogP) is 15.2. The Morgan fingerprint density at radius 1 is 0.407 bits per heavy atom. The number of benzene rings is 9. The molecular weight excluding hydrogens is 713 g/mol. The van der Waals surface area contributed by atoms with Gasteiger partial charge in [-0.2, -0.15) is 0 Å². The highest BCUT2D eigenvalue weighted by Crippen LogP contribution is 2.55. The molecule has 1 N–H and O–H groups in total. The van der Waals surface area contributed by atoms with E-state index in [-0.39, 0.29) is 17.0 Å². The highest BCUT2D eigenvalue weighted by molar-refractivity contribution is 6.22. The lowest BCUT2D eigenvalue weighted by Gasteiger charge is -2.28. The third-order valence-electron chi connectivity index (χ3n) is 13.8. The Morgan fingerprint density at radius 3 is 1.69 bits per heavy atom. The lowest BCUT2D eigenvalue weighted by Crippen LogP contribution is -2.23. The summed E-state index contributed by atoms with van der Waals surface area (Å²) in [6.45, 7) is 9.57. The van der Waals surface area contributed by atoms with E-state index in [4.69, 9.17) is 0 Å². The van der Waals surface area contributed by atoms with Crippen molar-refractivity contribution >= 4 is 38.6 Å². The molecule has 12 rings (SSSR count). The van der Waals surface area contributed by atoms with Crippen molar-refractivity contribution in [2.24, 2.45) is 0 Å². The number of hydrogen-bond donors (Lipinski definition) is 1. The minimum atomic E-state index is -0.130. The van der Waals surface area contributed by atoms with Crippen LogP contribution >= 0.6 is 0 Å². The van der Waals surface area contributed by atoms with Gasteiger partial charge < -0.3 is 10.2 Å². The average molecular weight is 757 g/mol. The zero-order valence-corrected chi connectivity index (χ0v) is 33.8. The Morgan fingerprint density at radius 2 is 0.966 bits per heavy atom. The second-order valence-electron chi connectivity index (χ2n) is 17.7. The first-order valence-corrected chi connectivity index (χ1v) is 21.0. The van der Waals surface area contributed by atoms with E-state index in [9.17, 15) is 0 Å². The SMILES string of the molecule is CC1(C)c2ccccc2-c2ccc(-c3c4ccccc4c(-c4cccc(C5Nc6ccccc6N5c5ccccc5)c4)c4cc5c(cc34)C(C)(C)c3ccccc3-5)cc21. The Balaban J connectivity index is 1.13. The number of fused-ring (bicyclic) bond motifs is 9. The monoisotopic (exact) mass is 756 g/mol. The van der Waals surface area contributed by atoms with E-state index in [1.165, 1.54) is 99.6 Å². The standard InChI is InChI=1S/C57H44N2/c1-56(2)47-25-12-10-21-39(47)41-30-29-36(32-49(41)56)54-43-24-9-8-23-42(43)53(45-33-44-40-22-11-13-26-48(40)57(3,4)50(44)34-46(45)54)35-17-16-18-37(31-35)55-58-51-27-14-15-28-52(51)59(55)38-19-6-5-7-20-38/h5-34,55,58H,1-4H3. The topological polar surface area (TPSA) is 15.3 Å². The average Bonchev–Trinajstić information content (AvgIpc) is 3.85. The quantitative estimate of drug-likeness (QED) is 0.180. The van der Waals surface area contributed by atoms with E-state index in [0.29, 0.717) is 0 Å². The maximum Gasteiger partial charge on any atom is 0.130 e. The number of anilines is 3. The first-order chi connectivity index (χ1) is 28.8. The molecule has 0 bridgehead atoms. The summed E-state index contributed by atoms with van der Waals surface area (Å²) in [6.07, 6.45) is -0.0673. The van der Waals surface area contributed by atoms with Gasteiger partial charge in [0.15, 0.2) is 0 Å². The summed E-state index contributed by atoms with van der Waals surface area (Å²) in [5.74, 6) is 0. The molecule has 1 unspecified atom stereocenters. The minimum Gasteiger partial charge on any atom is -0.359 e. The summed E-state index contributed by atoms with van der Waals surface area (Å²) in [6, 6.07) is 68.2. The van der Waals surface area contributed by atoms with Gasteiger partial charge in [-0.15, -0.1) is 0 Å². The van der Waals surface area contributed by atoms with E-state index in [1.54, 1.807) is 0 Å². The highest BCUT2D eigenvalue weighted by Gasteiger charge is 2.38. The van der Waals surface area contributed by atoms with Gasteiger partial charge in [-0.05, 0) is 142 Å². The second-order valence-corrected chi connectivity index (χ2v) is 17.7. The van der Waals surface area contributed by atoms with Crippen molar-refractivity contribution < 1.29 is 0 Å². The first kappa shape index (κ1) is 34.2. The van der Waals surface area contributed by atoms with Gasteiger partial charge in [0.1, 0.15) is 6.17 Å². The van der Waals surface area contributed by atoms with Crippen molar-refractivity contribution in [3.63, 3.8) is 0 Å². The Hall–Kier alpha value is -6.90. The lowest BCUT2D eigenvalue weighted by atomic mass is 9.78. The lowest BCUT2D eigenvalue weighted by molar-refractivity contribution is 0.660. The summed E-state index contributed by atoms with van der Waals surface area (Å²) in [7, 11) is 0. The van der Waals surface area contributed by atoms with Gasteiger partial charge in [0.2, 0.25) is 0 Å². The Labute approximate surface area is 346 Å². The maximum atomic E-state index is 3.90. The van der Waals surface area contributed by atoms with Crippen molar-refractivity contribution in [2.75, 3.05) is 10.2 Å². The van der Waals surface area contributed by atoms with Crippen LogP contribution in [0.1, 0.15) is 61.7 Å². The molecule has 0 spiro atoms. The van der Waals surface area contributed by atoms with Crippen molar-refractivity contribution in [1.82, 2.24) is 0 Å². The van der Waals surface area contributed by atoms with Crippen molar-refractivity contribution in [2.45, 2.75) is 44.7 Å². The van der Waals surface area contributed by atoms with Crippen LogP contribution in [0.4, 0.5) is 17.1 Å². The van der Waals surface area contributed by atoms with Gasteiger partial charge in [0, 0.05) is 16.5 Å². The van der Waals surface area contributed by atoms with Crippen molar-refractivity contribution in [3.05, 3.63) is 210 Å². The minimum absolute atomic E-state index is 0.0673. The molecule has 59 heavy (non-hydrogen) atoms. The van der Waals surface area contributed by atoms with Crippen LogP contribution in [0.25, 0.3) is 66.1 Å². The van der Waals surface area contributed by atoms with E-state index >= 15 is 0 Å². The number of hydrogen-bond acceptors (Lipinski definition) is 2. The molecule has 0 amide bonds. The molecule has 9 aromatic carbocycles. The number of nitrogens with one attached hydrogen (secondary N) is 1. The molecule has 282 valence electrons. The largest absolute Gasteiger partial charge is 0.359 e. The normalized spacial score (nSPS) is 16.3. The highest BCUT2D eigenvalue weighted by atomic mass is 15.3.